The Balaban J connectivity index is 2.07. The first-order chi connectivity index (χ1) is 8.58. The van der Waals surface area contributed by atoms with Gasteiger partial charge in [-0.05, 0) is 43.4 Å². The van der Waals surface area contributed by atoms with E-state index in [9.17, 15) is 4.79 Å². The molecule has 2 aromatic rings. The van der Waals surface area contributed by atoms with E-state index < -0.39 is 0 Å². The van der Waals surface area contributed by atoms with E-state index in [0.29, 0.717) is 0 Å². The van der Waals surface area contributed by atoms with E-state index in [-0.39, 0.29) is 5.91 Å². The predicted molar refractivity (Wildman–Crippen MR) is 71.9 cm³/mol. The second kappa shape index (κ2) is 5.17. The smallest absolute Gasteiger partial charge is 0.228 e. The van der Waals surface area contributed by atoms with Crippen LogP contribution in [-0.2, 0) is 12.8 Å². The maximum absolute atomic E-state index is 11.2. The quantitative estimate of drug-likeness (QED) is 0.829. The number of imidazole rings is 1. The molecule has 0 unspecified atom stereocenters. The molecule has 3 nitrogen and oxygen atoms in total. The van der Waals surface area contributed by atoms with Crippen molar-refractivity contribution in [1.29, 1.82) is 0 Å². The number of rotatable bonds is 3. The molecule has 0 spiro atoms. The number of nitrogens with zero attached hydrogens (tertiary/aromatic N) is 2. The molecule has 0 radical (unpaired) electrons. The average Bonchev–Trinajstić information content (AvgIpc) is 2.80. The van der Waals surface area contributed by atoms with Gasteiger partial charge in [-0.1, -0.05) is 18.2 Å². The van der Waals surface area contributed by atoms with Crippen molar-refractivity contribution < 1.29 is 4.79 Å². The molecule has 94 valence electrons. The normalized spacial score (nSPS) is 10.6. The minimum Gasteiger partial charge on any atom is -0.276 e. The summed E-state index contributed by atoms with van der Waals surface area (Å²) in [6, 6.07) is 6.37. The Morgan fingerprint density at radius 1 is 1.28 bits per heavy atom. The van der Waals surface area contributed by atoms with Crippen LogP contribution >= 0.6 is 0 Å². The van der Waals surface area contributed by atoms with E-state index >= 15 is 0 Å². The van der Waals surface area contributed by atoms with Gasteiger partial charge in [0.2, 0.25) is 5.91 Å². The van der Waals surface area contributed by atoms with Gasteiger partial charge in [0, 0.05) is 13.1 Å². The summed E-state index contributed by atoms with van der Waals surface area (Å²) in [5.74, 6) is 0.000450. The zero-order valence-corrected chi connectivity index (χ0v) is 11.1. The summed E-state index contributed by atoms with van der Waals surface area (Å²) in [6.07, 6.45) is 5.22. The molecular weight excluding hydrogens is 224 g/mol. The Kier molecular flexibility index (Phi) is 3.60. The summed E-state index contributed by atoms with van der Waals surface area (Å²) in [5, 5.41) is 0. The molecule has 0 N–H and O–H groups in total. The first-order valence-electron chi connectivity index (χ1n) is 6.17. The molecule has 1 heterocycles. The fourth-order valence-electron chi connectivity index (χ4n) is 2.01. The van der Waals surface area contributed by atoms with Crippen LogP contribution in [0.25, 0.3) is 0 Å². The van der Waals surface area contributed by atoms with Crippen molar-refractivity contribution in [2.24, 2.45) is 0 Å². The number of aryl methyl sites for hydroxylation is 3. The van der Waals surface area contributed by atoms with Crippen LogP contribution < -0.4 is 0 Å². The van der Waals surface area contributed by atoms with Crippen molar-refractivity contribution >= 4 is 5.91 Å². The van der Waals surface area contributed by atoms with Gasteiger partial charge in [-0.2, -0.15) is 0 Å². The fraction of sp³-hybridized carbons (Fsp3) is 0.333. The van der Waals surface area contributed by atoms with E-state index in [4.69, 9.17) is 0 Å². The Hall–Kier alpha value is -1.90. The van der Waals surface area contributed by atoms with Gasteiger partial charge in [0.05, 0.1) is 5.69 Å². The maximum Gasteiger partial charge on any atom is 0.228 e. The fourth-order valence-corrected chi connectivity index (χ4v) is 2.01. The molecular formula is C15H18N2O. The van der Waals surface area contributed by atoms with Crippen molar-refractivity contribution in [2.45, 2.75) is 33.6 Å². The minimum atomic E-state index is 0.000450. The molecule has 2 rings (SSSR count). The number of carbonyl (C=O) groups excluding carboxylic acids is 1. The van der Waals surface area contributed by atoms with Gasteiger partial charge in [0.25, 0.3) is 0 Å². The van der Waals surface area contributed by atoms with Crippen LogP contribution in [-0.4, -0.2) is 15.5 Å². The van der Waals surface area contributed by atoms with Crippen LogP contribution in [0.15, 0.2) is 30.7 Å². The van der Waals surface area contributed by atoms with E-state index in [1.165, 1.54) is 28.2 Å². The first-order valence-corrected chi connectivity index (χ1v) is 6.17. The Bertz CT molecular complexity index is 570. The average molecular weight is 242 g/mol. The lowest BCUT2D eigenvalue weighted by molar-refractivity contribution is 0.0936. The van der Waals surface area contributed by atoms with Crippen LogP contribution in [0.2, 0.25) is 0 Å². The molecule has 0 aliphatic rings. The van der Waals surface area contributed by atoms with Gasteiger partial charge in [-0.3, -0.25) is 9.36 Å². The van der Waals surface area contributed by atoms with E-state index in [2.05, 4.69) is 37.0 Å². The van der Waals surface area contributed by atoms with Gasteiger partial charge in [0.1, 0.15) is 6.33 Å². The second-order valence-corrected chi connectivity index (χ2v) is 4.65. The van der Waals surface area contributed by atoms with Crippen LogP contribution in [0.5, 0.6) is 0 Å². The zero-order chi connectivity index (χ0) is 13.1. The molecule has 0 fully saturated rings. The molecule has 0 bridgehead atoms. The van der Waals surface area contributed by atoms with E-state index in [0.717, 1.165) is 18.5 Å². The standard InChI is InChI=1S/C15H18N2O/c1-11-5-4-6-14(12(11)2)7-8-15-9-17(10-16-15)13(3)18/h4-6,9-10H,7-8H2,1-3H3. The number of carbonyl (C=O) groups is 1. The summed E-state index contributed by atoms with van der Waals surface area (Å²) >= 11 is 0. The van der Waals surface area contributed by atoms with Gasteiger partial charge < -0.3 is 0 Å². The van der Waals surface area contributed by atoms with Gasteiger partial charge in [-0.15, -0.1) is 0 Å². The summed E-state index contributed by atoms with van der Waals surface area (Å²) in [5.41, 5.74) is 4.99. The van der Waals surface area contributed by atoms with Crippen LogP contribution in [0.3, 0.4) is 0 Å². The van der Waals surface area contributed by atoms with Gasteiger partial charge >= 0.3 is 0 Å². The molecule has 18 heavy (non-hydrogen) atoms. The molecule has 0 saturated heterocycles. The third-order valence-corrected chi connectivity index (χ3v) is 3.37. The van der Waals surface area contributed by atoms with Crippen molar-refractivity contribution in [1.82, 2.24) is 9.55 Å². The van der Waals surface area contributed by atoms with Crippen molar-refractivity contribution in [3.63, 3.8) is 0 Å². The molecule has 0 atom stereocenters. The first kappa shape index (κ1) is 12.6. The molecule has 3 heteroatoms. The number of aromatic nitrogens is 2. The summed E-state index contributed by atoms with van der Waals surface area (Å²) in [7, 11) is 0. The highest BCUT2D eigenvalue weighted by molar-refractivity contribution is 5.75. The SMILES string of the molecule is CC(=O)n1cnc(CCc2cccc(C)c2C)c1. The van der Waals surface area contributed by atoms with Gasteiger partial charge in [-0.25, -0.2) is 4.98 Å². The molecule has 0 aliphatic carbocycles. The lowest BCUT2D eigenvalue weighted by Crippen LogP contribution is -2.01. The second-order valence-electron chi connectivity index (χ2n) is 4.65. The monoisotopic (exact) mass is 242 g/mol. The zero-order valence-electron chi connectivity index (χ0n) is 11.1. The largest absolute Gasteiger partial charge is 0.276 e. The maximum atomic E-state index is 11.2. The molecule has 0 aliphatic heterocycles. The lowest BCUT2D eigenvalue weighted by atomic mass is 9.99. The number of benzene rings is 1. The van der Waals surface area contributed by atoms with E-state index in [1.54, 1.807) is 6.33 Å². The summed E-state index contributed by atoms with van der Waals surface area (Å²) in [6.45, 7) is 5.82. The molecule has 1 aromatic carbocycles. The topological polar surface area (TPSA) is 34.9 Å². The number of hydrogen-bond acceptors (Lipinski definition) is 2. The molecule has 0 amide bonds. The van der Waals surface area contributed by atoms with Crippen LogP contribution in [0.1, 0.15) is 34.1 Å². The summed E-state index contributed by atoms with van der Waals surface area (Å²) < 4.78 is 1.53. The van der Waals surface area contributed by atoms with Crippen molar-refractivity contribution in [3.8, 4) is 0 Å². The highest BCUT2D eigenvalue weighted by Gasteiger charge is 2.05. The van der Waals surface area contributed by atoms with Crippen LogP contribution in [0.4, 0.5) is 0 Å². The third-order valence-electron chi connectivity index (χ3n) is 3.37. The third kappa shape index (κ3) is 2.67. The van der Waals surface area contributed by atoms with Crippen molar-refractivity contribution in [3.05, 3.63) is 53.1 Å². The Morgan fingerprint density at radius 2 is 2.06 bits per heavy atom. The highest BCUT2D eigenvalue weighted by atomic mass is 16.1. The van der Waals surface area contributed by atoms with Crippen LogP contribution in [0, 0.1) is 13.8 Å². The minimum absolute atomic E-state index is 0.000450. The molecule has 1 aromatic heterocycles. The van der Waals surface area contributed by atoms with Crippen molar-refractivity contribution in [2.75, 3.05) is 0 Å². The Morgan fingerprint density at radius 3 is 2.72 bits per heavy atom. The van der Waals surface area contributed by atoms with Gasteiger partial charge in [0.15, 0.2) is 0 Å². The highest BCUT2D eigenvalue weighted by Crippen LogP contribution is 2.14. The lowest BCUT2D eigenvalue weighted by Gasteiger charge is -2.07. The number of hydrogen-bond donors (Lipinski definition) is 0. The Labute approximate surface area is 107 Å². The predicted octanol–water partition coefficient (Wildman–Crippen LogP) is 2.95. The summed E-state index contributed by atoms with van der Waals surface area (Å²) in [4.78, 5) is 15.4. The molecule has 0 saturated carbocycles. The van der Waals surface area contributed by atoms with E-state index in [1.807, 2.05) is 6.20 Å².